The van der Waals surface area contributed by atoms with Gasteiger partial charge in [-0.3, -0.25) is 9.59 Å². The summed E-state index contributed by atoms with van der Waals surface area (Å²) in [4.78, 5) is 23.7. The molecule has 0 bridgehead atoms. The summed E-state index contributed by atoms with van der Waals surface area (Å²) in [7, 11) is 0. The van der Waals surface area contributed by atoms with Crippen molar-refractivity contribution in [2.24, 2.45) is 0 Å². The van der Waals surface area contributed by atoms with Gasteiger partial charge in [-0.2, -0.15) is 0 Å². The van der Waals surface area contributed by atoms with Gasteiger partial charge in [-0.15, -0.1) is 0 Å². The molecule has 3 rings (SSSR count). The normalized spacial score (nSPS) is 11.9. The van der Waals surface area contributed by atoms with Crippen molar-refractivity contribution in [2.75, 3.05) is 0 Å². The second-order valence-electron chi connectivity index (χ2n) is 5.74. The molecule has 3 aromatic rings. The fraction of sp³-hybridized carbons (Fsp3) is 0.100. The molecule has 0 spiro atoms. The molecule has 0 unspecified atom stereocenters. The number of rotatable bonds is 5. The van der Waals surface area contributed by atoms with E-state index in [-0.39, 0.29) is 6.42 Å². The molecular weight excluding hydrogens is 321 g/mol. The number of carbonyl (C=O) groups is 2. The van der Waals surface area contributed by atoms with Crippen LogP contribution in [0.2, 0.25) is 0 Å². The van der Waals surface area contributed by atoms with Gasteiger partial charge in [0.05, 0.1) is 12.5 Å². The molecule has 0 aliphatic rings. The van der Waals surface area contributed by atoms with E-state index in [4.69, 9.17) is 5.11 Å². The lowest BCUT2D eigenvalue weighted by Gasteiger charge is -2.18. The van der Waals surface area contributed by atoms with Gasteiger partial charge in [0.15, 0.2) is 0 Å². The van der Waals surface area contributed by atoms with Gasteiger partial charge < -0.3 is 10.4 Å². The summed E-state index contributed by atoms with van der Waals surface area (Å²) < 4.78 is 13.4. The van der Waals surface area contributed by atoms with Crippen LogP contribution in [0.5, 0.6) is 0 Å². The second kappa shape index (κ2) is 7.13. The SMILES string of the molecule is O=C(O)C[C@H](NC(=O)c1ccc2ccccc2c1)c1cccc(F)c1. The van der Waals surface area contributed by atoms with E-state index in [1.165, 1.54) is 18.2 Å². The Labute approximate surface area is 143 Å². The molecule has 5 heteroatoms. The van der Waals surface area contributed by atoms with Crippen LogP contribution in [0.3, 0.4) is 0 Å². The van der Waals surface area contributed by atoms with E-state index in [0.717, 1.165) is 10.8 Å². The van der Waals surface area contributed by atoms with Crippen molar-refractivity contribution >= 4 is 22.6 Å². The van der Waals surface area contributed by atoms with Gasteiger partial charge in [-0.05, 0) is 40.6 Å². The number of carboxylic acids is 1. The fourth-order valence-electron chi connectivity index (χ4n) is 2.72. The molecular formula is C20H16FNO3. The van der Waals surface area contributed by atoms with Crippen LogP contribution in [-0.4, -0.2) is 17.0 Å². The van der Waals surface area contributed by atoms with Gasteiger partial charge in [-0.1, -0.05) is 42.5 Å². The van der Waals surface area contributed by atoms with Crippen molar-refractivity contribution < 1.29 is 19.1 Å². The van der Waals surface area contributed by atoms with Crippen LogP contribution in [0.4, 0.5) is 4.39 Å². The second-order valence-corrected chi connectivity index (χ2v) is 5.74. The molecule has 0 saturated heterocycles. The summed E-state index contributed by atoms with van der Waals surface area (Å²) >= 11 is 0. The number of amides is 1. The quantitative estimate of drug-likeness (QED) is 0.741. The minimum Gasteiger partial charge on any atom is -0.481 e. The Morgan fingerprint density at radius 3 is 2.44 bits per heavy atom. The van der Waals surface area contributed by atoms with Gasteiger partial charge in [0, 0.05) is 5.56 Å². The molecule has 1 atom stereocenters. The van der Waals surface area contributed by atoms with Crippen LogP contribution in [0.1, 0.15) is 28.4 Å². The number of nitrogens with one attached hydrogen (secondary N) is 1. The van der Waals surface area contributed by atoms with E-state index in [2.05, 4.69) is 5.32 Å². The molecule has 1 amide bonds. The van der Waals surface area contributed by atoms with Gasteiger partial charge in [0.25, 0.3) is 5.91 Å². The smallest absolute Gasteiger partial charge is 0.305 e. The monoisotopic (exact) mass is 337 g/mol. The number of hydrogen-bond acceptors (Lipinski definition) is 2. The van der Waals surface area contributed by atoms with E-state index in [0.29, 0.717) is 11.1 Å². The zero-order valence-corrected chi connectivity index (χ0v) is 13.3. The molecule has 0 radical (unpaired) electrons. The third-order valence-electron chi connectivity index (χ3n) is 3.95. The van der Waals surface area contributed by atoms with Crippen molar-refractivity contribution in [3.8, 4) is 0 Å². The topological polar surface area (TPSA) is 66.4 Å². The molecule has 0 heterocycles. The van der Waals surface area contributed by atoms with E-state index in [9.17, 15) is 14.0 Å². The van der Waals surface area contributed by atoms with Crippen LogP contribution in [-0.2, 0) is 4.79 Å². The van der Waals surface area contributed by atoms with Crippen LogP contribution in [0.25, 0.3) is 10.8 Å². The van der Waals surface area contributed by atoms with E-state index in [1.807, 2.05) is 30.3 Å². The van der Waals surface area contributed by atoms with Crippen LogP contribution in [0.15, 0.2) is 66.7 Å². The molecule has 0 saturated carbocycles. The summed E-state index contributed by atoms with van der Waals surface area (Å²) in [5.41, 5.74) is 0.835. The summed E-state index contributed by atoms with van der Waals surface area (Å²) in [5, 5.41) is 13.7. The number of benzene rings is 3. The molecule has 25 heavy (non-hydrogen) atoms. The Hall–Kier alpha value is -3.21. The zero-order chi connectivity index (χ0) is 17.8. The van der Waals surface area contributed by atoms with Gasteiger partial charge in [0.1, 0.15) is 5.82 Å². The Balaban J connectivity index is 1.87. The Morgan fingerprint density at radius 1 is 0.960 bits per heavy atom. The third-order valence-corrected chi connectivity index (χ3v) is 3.95. The first-order chi connectivity index (χ1) is 12.0. The van der Waals surface area contributed by atoms with Crippen LogP contribution < -0.4 is 5.32 Å². The fourth-order valence-corrected chi connectivity index (χ4v) is 2.72. The van der Waals surface area contributed by atoms with Gasteiger partial charge in [-0.25, -0.2) is 4.39 Å². The summed E-state index contributed by atoms with van der Waals surface area (Å²) in [5.74, 6) is -1.96. The van der Waals surface area contributed by atoms with Crippen molar-refractivity contribution in [3.05, 3.63) is 83.7 Å². The lowest BCUT2D eigenvalue weighted by Crippen LogP contribution is -2.30. The highest BCUT2D eigenvalue weighted by atomic mass is 19.1. The zero-order valence-electron chi connectivity index (χ0n) is 13.3. The van der Waals surface area contributed by atoms with Crippen molar-refractivity contribution in [1.29, 1.82) is 0 Å². The molecule has 3 aromatic carbocycles. The van der Waals surface area contributed by atoms with E-state index < -0.39 is 23.7 Å². The Morgan fingerprint density at radius 2 is 1.72 bits per heavy atom. The summed E-state index contributed by atoms with van der Waals surface area (Å²) in [6, 6.07) is 17.7. The predicted octanol–water partition coefficient (Wildman–Crippen LogP) is 3.92. The predicted molar refractivity (Wildman–Crippen MR) is 92.8 cm³/mol. The first-order valence-corrected chi connectivity index (χ1v) is 7.80. The first kappa shape index (κ1) is 16.6. The number of hydrogen-bond donors (Lipinski definition) is 2. The highest BCUT2D eigenvalue weighted by Gasteiger charge is 2.19. The van der Waals surface area contributed by atoms with Crippen molar-refractivity contribution in [3.63, 3.8) is 0 Å². The van der Waals surface area contributed by atoms with Crippen LogP contribution >= 0.6 is 0 Å². The largest absolute Gasteiger partial charge is 0.481 e. The summed E-state index contributed by atoms with van der Waals surface area (Å²) in [6.45, 7) is 0. The van der Waals surface area contributed by atoms with Gasteiger partial charge >= 0.3 is 5.97 Å². The van der Waals surface area contributed by atoms with E-state index >= 15 is 0 Å². The van der Waals surface area contributed by atoms with E-state index in [1.54, 1.807) is 18.2 Å². The maximum Gasteiger partial charge on any atom is 0.305 e. The Bertz CT molecular complexity index is 939. The standard InChI is InChI=1S/C20H16FNO3/c21-17-7-3-6-15(11-17)18(12-19(23)24)22-20(25)16-9-8-13-4-1-2-5-14(13)10-16/h1-11,18H,12H2,(H,22,25)(H,23,24)/t18-/m0/s1. The lowest BCUT2D eigenvalue weighted by atomic mass is 10.0. The van der Waals surface area contributed by atoms with Crippen LogP contribution in [0, 0.1) is 5.82 Å². The highest BCUT2D eigenvalue weighted by Crippen LogP contribution is 2.20. The average molecular weight is 337 g/mol. The van der Waals surface area contributed by atoms with Crippen molar-refractivity contribution in [1.82, 2.24) is 5.32 Å². The molecule has 126 valence electrons. The van der Waals surface area contributed by atoms with Crippen molar-refractivity contribution in [2.45, 2.75) is 12.5 Å². The highest BCUT2D eigenvalue weighted by molar-refractivity contribution is 5.98. The maximum atomic E-state index is 13.4. The minimum atomic E-state index is -1.08. The minimum absolute atomic E-state index is 0.331. The molecule has 4 nitrogen and oxygen atoms in total. The number of fused-ring (bicyclic) bond motifs is 1. The molecule has 0 aliphatic heterocycles. The molecule has 0 aromatic heterocycles. The first-order valence-electron chi connectivity index (χ1n) is 7.80. The number of aliphatic carboxylic acids is 1. The molecule has 0 fully saturated rings. The molecule has 0 aliphatic carbocycles. The number of carbonyl (C=O) groups excluding carboxylic acids is 1. The number of carboxylic acid groups (broad SMARTS) is 1. The summed E-state index contributed by atoms with van der Waals surface area (Å²) in [6.07, 6.45) is -0.331. The maximum absolute atomic E-state index is 13.4. The third kappa shape index (κ3) is 4.01. The number of halogens is 1. The average Bonchev–Trinajstić information content (AvgIpc) is 2.60. The lowest BCUT2D eigenvalue weighted by molar-refractivity contribution is -0.137. The van der Waals surface area contributed by atoms with Gasteiger partial charge in [0.2, 0.25) is 0 Å². The molecule has 2 N–H and O–H groups in total. The Kier molecular flexibility index (Phi) is 4.75.